The summed E-state index contributed by atoms with van der Waals surface area (Å²) in [5.41, 5.74) is 2.52. The molecule has 1 saturated heterocycles. The van der Waals surface area contributed by atoms with E-state index in [1.807, 2.05) is 12.1 Å². The van der Waals surface area contributed by atoms with Crippen LogP contribution < -0.4 is 5.32 Å². The van der Waals surface area contributed by atoms with Crippen LogP contribution in [0, 0.1) is 0 Å². The van der Waals surface area contributed by atoms with Crippen LogP contribution in [-0.4, -0.2) is 23.8 Å². The van der Waals surface area contributed by atoms with Crippen molar-refractivity contribution in [3.63, 3.8) is 0 Å². The van der Waals surface area contributed by atoms with Gasteiger partial charge in [0.15, 0.2) is 0 Å². The summed E-state index contributed by atoms with van der Waals surface area (Å²) in [6.07, 6.45) is 1.65. The van der Waals surface area contributed by atoms with Gasteiger partial charge in [-0.05, 0) is 30.5 Å². The predicted octanol–water partition coefficient (Wildman–Crippen LogP) is 3.35. The van der Waals surface area contributed by atoms with Gasteiger partial charge in [-0.1, -0.05) is 60.7 Å². The second kappa shape index (κ2) is 7.60. The SMILES string of the molecule is Cl.OC1CCCNC1C(c1ccccc1)c1ccccc1. The minimum Gasteiger partial charge on any atom is -0.391 e. The Labute approximate surface area is 132 Å². The summed E-state index contributed by atoms with van der Waals surface area (Å²) in [7, 11) is 0. The molecular formula is C18H22ClNO. The quantitative estimate of drug-likeness (QED) is 0.911. The van der Waals surface area contributed by atoms with Crippen molar-refractivity contribution in [2.75, 3.05) is 6.54 Å². The molecule has 2 unspecified atom stereocenters. The van der Waals surface area contributed by atoms with Crippen molar-refractivity contribution in [3.05, 3.63) is 71.8 Å². The molecule has 0 bridgehead atoms. The van der Waals surface area contributed by atoms with Crippen LogP contribution in [0.5, 0.6) is 0 Å². The maximum Gasteiger partial charge on any atom is 0.0703 e. The molecule has 3 heteroatoms. The van der Waals surface area contributed by atoms with Gasteiger partial charge in [-0.2, -0.15) is 0 Å². The molecule has 0 radical (unpaired) electrons. The van der Waals surface area contributed by atoms with Crippen LogP contribution in [0.2, 0.25) is 0 Å². The summed E-state index contributed by atoms with van der Waals surface area (Å²) in [6, 6.07) is 21.1. The number of aliphatic hydroxyl groups is 1. The third-order valence-corrected chi connectivity index (χ3v) is 4.15. The van der Waals surface area contributed by atoms with E-state index in [2.05, 4.69) is 53.8 Å². The van der Waals surface area contributed by atoms with Crippen LogP contribution in [0.1, 0.15) is 29.9 Å². The monoisotopic (exact) mass is 303 g/mol. The second-order valence-electron chi connectivity index (χ2n) is 5.49. The highest BCUT2D eigenvalue weighted by Gasteiger charge is 2.32. The molecule has 1 fully saturated rings. The molecule has 2 aromatic carbocycles. The van der Waals surface area contributed by atoms with Gasteiger partial charge >= 0.3 is 0 Å². The Morgan fingerprint density at radius 3 is 1.90 bits per heavy atom. The Morgan fingerprint density at radius 2 is 1.43 bits per heavy atom. The summed E-state index contributed by atoms with van der Waals surface area (Å²) in [4.78, 5) is 0. The van der Waals surface area contributed by atoms with Crippen LogP contribution in [0.3, 0.4) is 0 Å². The molecule has 112 valence electrons. The van der Waals surface area contributed by atoms with E-state index in [-0.39, 0.29) is 30.5 Å². The van der Waals surface area contributed by atoms with Crippen molar-refractivity contribution in [2.45, 2.75) is 30.9 Å². The zero-order valence-electron chi connectivity index (χ0n) is 12.0. The van der Waals surface area contributed by atoms with E-state index < -0.39 is 0 Å². The van der Waals surface area contributed by atoms with E-state index in [9.17, 15) is 5.11 Å². The van der Waals surface area contributed by atoms with Crippen molar-refractivity contribution < 1.29 is 5.11 Å². The zero-order valence-corrected chi connectivity index (χ0v) is 12.8. The largest absolute Gasteiger partial charge is 0.391 e. The topological polar surface area (TPSA) is 32.3 Å². The van der Waals surface area contributed by atoms with Gasteiger partial charge in [-0.25, -0.2) is 0 Å². The number of benzene rings is 2. The molecule has 2 N–H and O–H groups in total. The summed E-state index contributed by atoms with van der Waals surface area (Å²) < 4.78 is 0. The standard InChI is InChI=1S/C18H21NO.ClH/c20-16-12-7-13-19-18(16)17(14-8-3-1-4-9-14)15-10-5-2-6-11-15;/h1-6,8-11,16-20H,7,12-13H2;1H. The summed E-state index contributed by atoms with van der Waals surface area (Å²) in [5, 5.41) is 13.9. The molecule has 0 aliphatic carbocycles. The Balaban J connectivity index is 0.00000161. The fraction of sp³-hybridized carbons (Fsp3) is 0.333. The van der Waals surface area contributed by atoms with Crippen LogP contribution in [0.15, 0.2) is 60.7 Å². The molecule has 3 rings (SSSR count). The van der Waals surface area contributed by atoms with E-state index >= 15 is 0 Å². The molecule has 2 aromatic rings. The molecule has 1 aliphatic rings. The summed E-state index contributed by atoms with van der Waals surface area (Å²) >= 11 is 0. The van der Waals surface area contributed by atoms with E-state index in [0.29, 0.717) is 0 Å². The summed E-state index contributed by atoms with van der Waals surface area (Å²) in [6.45, 7) is 0.984. The number of hydrogen-bond acceptors (Lipinski definition) is 2. The van der Waals surface area contributed by atoms with E-state index in [1.165, 1.54) is 11.1 Å². The third kappa shape index (κ3) is 3.65. The maximum atomic E-state index is 10.4. The van der Waals surface area contributed by atoms with Gasteiger partial charge in [-0.15, -0.1) is 12.4 Å². The first kappa shape index (κ1) is 16.0. The molecule has 1 heterocycles. The van der Waals surface area contributed by atoms with Crippen molar-refractivity contribution in [1.82, 2.24) is 5.32 Å². The minimum atomic E-state index is -0.283. The first-order valence-corrected chi connectivity index (χ1v) is 7.37. The fourth-order valence-electron chi connectivity index (χ4n) is 3.16. The Hall–Kier alpha value is -1.35. The van der Waals surface area contributed by atoms with Crippen LogP contribution in [0.25, 0.3) is 0 Å². The molecule has 0 amide bonds. The summed E-state index contributed by atoms with van der Waals surface area (Å²) in [5.74, 6) is 0.202. The molecule has 0 saturated carbocycles. The third-order valence-electron chi connectivity index (χ3n) is 4.15. The molecule has 2 atom stereocenters. The number of hydrogen-bond donors (Lipinski definition) is 2. The smallest absolute Gasteiger partial charge is 0.0703 e. The Morgan fingerprint density at radius 1 is 0.905 bits per heavy atom. The van der Waals surface area contributed by atoms with E-state index in [4.69, 9.17) is 0 Å². The Bertz CT molecular complexity index is 492. The molecular weight excluding hydrogens is 282 g/mol. The van der Waals surface area contributed by atoms with Crippen molar-refractivity contribution in [3.8, 4) is 0 Å². The van der Waals surface area contributed by atoms with Gasteiger partial charge in [0, 0.05) is 12.0 Å². The number of aliphatic hydroxyl groups excluding tert-OH is 1. The lowest BCUT2D eigenvalue weighted by Gasteiger charge is -2.36. The molecule has 2 nitrogen and oxygen atoms in total. The average molecular weight is 304 g/mol. The first-order valence-electron chi connectivity index (χ1n) is 7.37. The van der Waals surface area contributed by atoms with E-state index in [1.54, 1.807) is 0 Å². The van der Waals surface area contributed by atoms with Gasteiger partial charge in [0.1, 0.15) is 0 Å². The lowest BCUT2D eigenvalue weighted by molar-refractivity contribution is 0.0890. The normalized spacial score (nSPS) is 21.8. The highest BCUT2D eigenvalue weighted by Crippen LogP contribution is 2.31. The van der Waals surface area contributed by atoms with Crippen molar-refractivity contribution in [1.29, 1.82) is 0 Å². The highest BCUT2D eigenvalue weighted by atomic mass is 35.5. The van der Waals surface area contributed by atoms with Crippen LogP contribution >= 0.6 is 12.4 Å². The van der Waals surface area contributed by atoms with Crippen molar-refractivity contribution >= 4 is 12.4 Å². The zero-order chi connectivity index (χ0) is 13.8. The minimum absolute atomic E-state index is 0. The molecule has 0 spiro atoms. The number of nitrogens with one attached hydrogen (secondary N) is 1. The molecule has 0 aromatic heterocycles. The van der Waals surface area contributed by atoms with Gasteiger partial charge < -0.3 is 10.4 Å². The lowest BCUT2D eigenvalue weighted by atomic mass is 9.80. The number of piperidine rings is 1. The average Bonchev–Trinajstić information content (AvgIpc) is 2.52. The first-order chi connectivity index (χ1) is 9.86. The van der Waals surface area contributed by atoms with Gasteiger partial charge in [-0.3, -0.25) is 0 Å². The van der Waals surface area contributed by atoms with Crippen molar-refractivity contribution in [2.24, 2.45) is 0 Å². The number of halogens is 1. The highest BCUT2D eigenvalue weighted by molar-refractivity contribution is 5.85. The van der Waals surface area contributed by atoms with Gasteiger partial charge in [0.25, 0.3) is 0 Å². The van der Waals surface area contributed by atoms with Crippen LogP contribution in [0.4, 0.5) is 0 Å². The predicted molar refractivity (Wildman–Crippen MR) is 89.0 cm³/mol. The lowest BCUT2D eigenvalue weighted by Crippen LogP contribution is -2.48. The molecule has 1 aliphatic heterocycles. The maximum absolute atomic E-state index is 10.4. The Kier molecular flexibility index (Phi) is 5.80. The van der Waals surface area contributed by atoms with Crippen LogP contribution in [-0.2, 0) is 0 Å². The van der Waals surface area contributed by atoms with Gasteiger partial charge in [0.2, 0.25) is 0 Å². The molecule has 21 heavy (non-hydrogen) atoms. The van der Waals surface area contributed by atoms with Gasteiger partial charge in [0.05, 0.1) is 6.10 Å². The fourth-order valence-corrected chi connectivity index (χ4v) is 3.16. The van der Waals surface area contributed by atoms with E-state index in [0.717, 1.165) is 19.4 Å². The number of rotatable bonds is 3. The second-order valence-corrected chi connectivity index (χ2v) is 5.49.